The molecule has 70 valence electrons. The minimum atomic E-state index is -0.843. The molecule has 0 amide bonds. The molecule has 0 aliphatic carbocycles. The fourth-order valence-electron chi connectivity index (χ4n) is 1.43. The van der Waals surface area contributed by atoms with E-state index in [4.69, 9.17) is 5.11 Å². The van der Waals surface area contributed by atoms with Gasteiger partial charge in [0.05, 0.1) is 11.3 Å². The van der Waals surface area contributed by atoms with E-state index >= 15 is 0 Å². The number of nitrogens with zero attached hydrogens (tertiary/aromatic N) is 1. The number of rotatable bonds is 1. The Balaban J connectivity index is 0.000000980. The topological polar surface area (TPSA) is 40.5 Å². The van der Waals surface area contributed by atoms with Gasteiger partial charge in [-0.3, -0.25) is 0 Å². The summed E-state index contributed by atoms with van der Waals surface area (Å²) in [6, 6.07) is 0. The van der Waals surface area contributed by atoms with Crippen molar-refractivity contribution in [1.29, 1.82) is 0 Å². The molecule has 14 heavy (non-hydrogen) atoms. The van der Waals surface area contributed by atoms with Crippen molar-refractivity contribution in [2.45, 2.75) is 6.42 Å². The first-order valence-corrected chi connectivity index (χ1v) is 4.05. The van der Waals surface area contributed by atoms with E-state index in [0.717, 1.165) is 5.70 Å². The Kier molecular flexibility index (Phi) is 3.54. The number of hydrogen-bond donors (Lipinski definition) is 1. The fourth-order valence-corrected chi connectivity index (χ4v) is 1.43. The first-order chi connectivity index (χ1) is 6.29. The van der Waals surface area contributed by atoms with Crippen LogP contribution in [0.3, 0.4) is 0 Å². The van der Waals surface area contributed by atoms with Crippen LogP contribution in [-0.4, -0.2) is 39.0 Å². The van der Waals surface area contributed by atoms with E-state index in [1.807, 2.05) is 41.6 Å². The van der Waals surface area contributed by atoms with Crippen molar-refractivity contribution in [3.63, 3.8) is 0 Å². The van der Waals surface area contributed by atoms with Crippen molar-refractivity contribution < 1.29 is 9.90 Å². The quantitative estimate of drug-likeness (QED) is 0.636. The lowest BCUT2D eigenvalue weighted by Crippen LogP contribution is -2.18. The normalized spacial score (nSPS) is 17.9. The maximum absolute atomic E-state index is 10.8. The predicted molar refractivity (Wildman–Crippen MR) is 57.1 cm³/mol. The number of fused-ring (bicyclic) bond motifs is 1. The fraction of sp³-hybridized carbons (Fsp3) is 0.100. The van der Waals surface area contributed by atoms with E-state index in [1.54, 1.807) is 0 Å². The first kappa shape index (κ1) is 11.1. The van der Waals surface area contributed by atoms with Gasteiger partial charge in [-0.15, -0.1) is 0 Å². The third-order valence-electron chi connectivity index (χ3n) is 2.05. The molecule has 0 spiro atoms. The molecule has 2 rings (SSSR count). The molecule has 4 heteroatoms. The summed E-state index contributed by atoms with van der Waals surface area (Å²) in [6.45, 7) is 0. The maximum atomic E-state index is 10.8. The second kappa shape index (κ2) is 4.48. The van der Waals surface area contributed by atoms with E-state index < -0.39 is 5.97 Å². The Hall–Kier alpha value is -1.00. The van der Waals surface area contributed by atoms with E-state index in [9.17, 15) is 4.79 Å². The maximum Gasteiger partial charge on any atom is 0.334 e. The highest BCUT2D eigenvalue weighted by Crippen LogP contribution is 2.24. The van der Waals surface area contributed by atoms with Gasteiger partial charge in [0.15, 0.2) is 0 Å². The summed E-state index contributed by atoms with van der Waals surface area (Å²) in [7, 11) is 0. The van der Waals surface area contributed by atoms with Crippen LogP contribution in [0.1, 0.15) is 6.42 Å². The first-order valence-electron chi connectivity index (χ1n) is 4.05. The SMILES string of the molecule is O=C(O)C1=C2C=CC=CN2C=CC1.[MgH2]. The number of allylic oxidation sites excluding steroid dienone is 4. The molecule has 2 aliphatic heterocycles. The Morgan fingerprint density at radius 2 is 2.14 bits per heavy atom. The van der Waals surface area contributed by atoms with Crippen molar-refractivity contribution in [3.05, 3.63) is 48.0 Å². The van der Waals surface area contributed by atoms with Crippen LogP contribution in [0.4, 0.5) is 0 Å². The summed E-state index contributed by atoms with van der Waals surface area (Å²) in [4.78, 5) is 12.6. The van der Waals surface area contributed by atoms with E-state index in [2.05, 4.69) is 0 Å². The van der Waals surface area contributed by atoms with Gasteiger partial charge in [-0.25, -0.2) is 4.79 Å². The van der Waals surface area contributed by atoms with Gasteiger partial charge in [0.25, 0.3) is 0 Å². The van der Waals surface area contributed by atoms with E-state index in [0.29, 0.717) is 12.0 Å². The number of carbonyl (C=O) groups is 1. The molecule has 2 aliphatic rings. The summed E-state index contributed by atoms with van der Waals surface area (Å²) in [5, 5.41) is 8.90. The Labute approximate surface area is 98.2 Å². The number of aliphatic carboxylic acids is 1. The van der Waals surface area contributed by atoms with Crippen LogP contribution in [0.25, 0.3) is 0 Å². The second-order valence-electron chi connectivity index (χ2n) is 2.87. The van der Waals surface area contributed by atoms with Crippen molar-refractivity contribution in [2.24, 2.45) is 0 Å². The van der Waals surface area contributed by atoms with Crippen molar-refractivity contribution in [3.8, 4) is 0 Å². The van der Waals surface area contributed by atoms with Crippen LogP contribution in [0.2, 0.25) is 0 Å². The molecule has 0 aromatic rings. The summed E-state index contributed by atoms with van der Waals surface area (Å²) in [5.74, 6) is -0.843. The Bertz CT molecular complexity index is 366. The second-order valence-corrected chi connectivity index (χ2v) is 2.87. The molecule has 0 unspecified atom stereocenters. The Morgan fingerprint density at radius 3 is 2.86 bits per heavy atom. The van der Waals surface area contributed by atoms with Gasteiger partial charge in [0.2, 0.25) is 0 Å². The van der Waals surface area contributed by atoms with Crippen molar-refractivity contribution in [2.75, 3.05) is 0 Å². The van der Waals surface area contributed by atoms with Crippen LogP contribution in [0.5, 0.6) is 0 Å². The van der Waals surface area contributed by atoms with Gasteiger partial charge in [0, 0.05) is 18.8 Å². The molecule has 0 aromatic carbocycles. The minimum absolute atomic E-state index is 0. The predicted octanol–water partition coefficient (Wildman–Crippen LogP) is 0.712. The zero-order valence-electron chi connectivity index (χ0n) is 6.97. The van der Waals surface area contributed by atoms with Gasteiger partial charge >= 0.3 is 29.0 Å². The van der Waals surface area contributed by atoms with Crippen molar-refractivity contribution >= 4 is 29.0 Å². The van der Waals surface area contributed by atoms with Crippen molar-refractivity contribution in [1.82, 2.24) is 4.90 Å². The largest absolute Gasteiger partial charge is 0.478 e. The molecule has 0 saturated carbocycles. The van der Waals surface area contributed by atoms with Crippen LogP contribution in [0.15, 0.2) is 48.0 Å². The van der Waals surface area contributed by atoms with Gasteiger partial charge < -0.3 is 10.0 Å². The molecule has 0 fully saturated rings. The summed E-state index contributed by atoms with van der Waals surface area (Å²) >= 11 is 0. The van der Waals surface area contributed by atoms with Gasteiger partial charge in [-0.1, -0.05) is 12.2 Å². The Morgan fingerprint density at radius 1 is 1.36 bits per heavy atom. The molecular formula is C10H11MgNO2. The molecule has 2 heterocycles. The summed E-state index contributed by atoms with van der Waals surface area (Å²) in [6.07, 6.45) is 11.6. The minimum Gasteiger partial charge on any atom is -0.478 e. The van der Waals surface area contributed by atoms with E-state index in [-0.39, 0.29) is 23.1 Å². The monoisotopic (exact) mass is 201 g/mol. The highest BCUT2D eigenvalue weighted by Gasteiger charge is 2.18. The highest BCUT2D eigenvalue weighted by molar-refractivity contribution is 5.88. The van der Waals surface area contributed by atoms with Crippen LogP contribution < -0.4 is 0 Å². The average Bonchev–Trinajstić information content (AvgIpc) is 2.17. The van der Waals surface area contributed by atoms with Gasteiger partial charge in [-0.05, 0) is 12.2 Å². The molecule has 3 nitrogen and oxygen atoms in total. The third kappa shape index (κ3) is 1.91. The van der Waals surface area contributed by atoms with Crippen LogP contribution in [-0.2, 0) is 4.79 Å². The van der Waals surface area contributed by atoms with E-state index in [1.165, 1.54) is 0 Å². The average molecular weight is 202 g/mol. The van der Waals surface area contributed by atoms with Gasteiger partial charge in [-0.2, -0.15) is 0 Å². The third-order valence-corrected chi connectivity index (χ3v) is 2.05. The zero-order chi connectivity index (χ0) is 9.26. The number of carboxylic acids is 1. The zero-order valence-corrected chi connectivity index (χ0v) is 6.97. The summed E-state index contributed by atoms with van der Waals surface area (Å²) < 4.78 is 0. The lowest BCUT2D eigenvalue weighted by molar-refractivity contribution is -0.132. The number of hydrogen-bond acceptors (Lipinski definition) is 2. The molecule has 0 radical (unpaired) electrons. The van der Waals surface area contributed by atoms with Gasteiger partial charge in [0.1, 0.15) is 0 Å². The molecule has 0 aromatic heterocycles. The molecular weight excluding hydrogens is 190 g/mol. The van der Waals surface area contributed by atoms with Crippen LogP contribution >= 0.6 is 0 Å². The molecule has 0 atom stereocenters. The smallest absolute Gasteiger partial charge is 0.334 e. The lowest BCUT2D eigenvalue weighted by Gasteiger charge is -2.24. The standard InChI is InChI=1S/C10H9NO2.Mg.2H/c12-10(13)8-4-3-7-11-6-2-1-5-9(8)11;;;/h1-3,5-7H,4H2,(H,12,13);;;. The highest BCUT2D eigenvalue weighted by atomic mass is 24.3. The molecule has 1 N–H and O–H groups in total. The lowest BCUT2D eigenvalue weighted by atomic mass is 10.1. The summed E-state index contributed by atoms with van der Waals surface area (Å²) in [5.41, 5.74) is 1.21. The molecule has 0 bridgehead atoms. The molecule has 0 saturated heterocycles. The van der Waals surface area contributed by atoms with Crippen LogP contribution in [0, 0.1) is 0 Å². The number of carboxylic acid groups (broad SMARTS) is 1.